The number of benzene rings is 3. The van der Waals surface area contributed by atoms with E-state index in [-0.39, 0.29) is 10.8 Å². The molecule has 0 saturated carbocycles. The Labute approximate surface area is 345 Å². The number of ether oxygens (including phenoxy) is 4. The second-order valence-electron chi connectivity index (χ2n) is 15.3. The van der Waals surface area contributed by atoms with Gasteiger partial charge in [0.15, 0.2) is 18.3 Å². The average molecular weight is 830 g/mol. The number of carbonyl (C=O) groups excluding carboxylic acids is 3. The minimum absolute atomic E-state index is 0.0612. The van der Waals surface area contributed by atoms with Crippen LogP contribution in [0.5, 0.6) is 5.75 Å². The summed E-state index contributed by atoms with van der Waals surface area (Å²) in [5, 5.41) is 21.5. The number of fused-ring (bicyclic) bond motifs is 1. The van der Waals surface area contributed by atoms with Crippen LogP contribution in [0.2, 0.25) is 0 Å². The van der Waals surface area contributed by atoms with Gasteiger partial charge < -0.3 is 34.2 Å². The number of amides is 2. The maximum atomic E-state index is 14.0. The molecular formula is C42H49N6O10S+. The summed E-state index contributed by atoms with van der Waals surface area (Å²) >= 11 is 0.949. The monoisotopic (exact) mass is 829 g/mol. The fourth-order valence-electron chi connectivity index (χ4n) is 5.65. The van der Waals surface area contributed by atoms with Crippen LogP contribution in [0.1, 0.15) is 70.9 Å². The number of esters is 1. The molecular weight excluding hydrogens is 781 g/mol. The number of oxime groups is 1. The highest BCUT2D eigenvalue weighted by Gasteiger charge is 2.30. The van der Waals surface area contributed by atoms with Crippen molar-refractivity contribution in [1.82, 2.24) is 15.0 Å². The van der Waals surface area contributed by atoms with E-state index in [0.717, 1.165) is 22.2 Å². The van der Waals surface area contributed by atoms with Crippen LogP contribution in [0, 0.1) is 0 Å². The summed E-state index contributed by atoms with van der Waals surface area (Å²) in [4.78, 5) is 60.6. The maximum Gasteiger partial charge on any atom is 0.413 e. The van der Waals surface area contributed by atoms with E-state index in [1.807, 2.05) is 89.3 Å². The van der Waals surface area contributed by atoms with Crippen LogP contribution in [0.3, 0.4) is 0 Å². The molecule has 1 atom stereocenters. The number of aryl methyl sites for hydroxylation is 2. The normalized spacial score (nSPS) is 12.4. The van der Waals surface area contributed by atoms with E-state index in [1.54, 1.807) is 53.7 Å². The lowest BCUT2D eigenvalue weighted by Gasteiger charge is -2.22. The topological polar surface area (TPSA) is 193 Å². The van der Waals surface area contributed by atoms with Gasteiger partial charge >= 0.3 is 24.1 Å². The number of nitrogens with one attached hydrogen (secondary N) is 2. The molecule has 2 amide bonds. The predicted molar refractivity (Wildman–Crippen MR) is 219 cm³/mol. The zero-order valence-electron chi connectivity index (χ0n) is 34.0. The number of anilines is 1. The van der Waals surface area contributed by atoms with Gasteiger partial charge in [-0.2, -0.15) is 4.68 Å². The molecule has 5 aromatic rings. The number of aliphatic carboxylic acids is 1. The summed E-state index contributed by atoms with van der Waals surface area (Å²) < 4.78 is 26.7. The molecule has 0 fully saturated rings. The first-order chi connectivity index (χ1) is 28.0. The van der Waals surface area contributed by atoms with Crippen molar-refractivity contribution in [2.45, 2.75) is 77.9 Å². The highest BCUT2D eigenvalue weighted by molar-refractivity contribution is 7.14. The van der Waals surface area contributed by atoms with Gasteiger partial charge in [0.1, 0.15) is 34.8 Å². The zero-order chi connectivity index (χ0) is 42.7. The minimum Gasteiger partial charge on any atom is -0.489 e. The lowest BCUT2D eigenvalue weighted by molar-refractivity contribution is -0.751. The second kappa shape index (κ2) is 19.3. The number of carboxylic acid groups (broad SMARTS) is 1. The van der Waals surface area contributed by atoms with Crippen LogP contribution < -0.4 is 20.1 Å². The molecule has 0 radical (unpaired) electrons. The van der Waals surface area contributed by atoms with Crippen molar-refractivity contribution in [2.24, 2.45) is 12.2 Å². The van der Waals surface area contributed by atoms with Crippen molar-refractivity contribution >= 4 is 57.2 Å². The number of nitrogens with zero attached hydrogens (tertiary/aromatic N) is 4. The number of aromatic nitrogens is 3. The molecule has 17 heteroatoms. The Morgan fingerprint density at radius 3 is 2.14 bits per heavy atom. The molecule has 0 spiro atoms. The van der Waals surface area contributed by atoms with E-state index in [0.29, 0.717) is 36.4 Å². The SMILES string of the molecule is C[n+]1cc2cc(OCC(ON=C(C(=O)O)c3csc(NC(=O)OC(C)(C)C)n3)C(=O)OC(c3ccccc3)c3ccccc3)ccc2n1CCCNC(=O)OC(C)(C)C. The lowest BCUT2D eigenvalue weighted by atomic mass is 10.0. The van der Waals surface area contributed by atoms with Gasteiger partial charge in [-0.05, 0) is 77.3 Å². The van der Waals surface area contributed by atoms with Gasteiger partial charge in [-0.1, -0.05) is 65.8 Å². The third-order valence-corrected chi connectivity index (χ3v) is 8.89. The first-order valence-corrected chi connectivity index (χ1v) is 19.7. The fourth-order valence-corrected chi connectivity index (χ4v) is 6.33. The zero-order valence-corrected chi connectivity index (χ0v) is 34.8. The van der Waals surface area contributed by atoms with Crippen molar-refractivity contribution in [1.29, 1.82) is 0 Å². The Balaban J connectivity index is 1.36. The summed E-state index contributed by atoms with van der Waals surface area (Å²) in [7, 11) is 1.90. The summed E-state index contributed by atoms with van der Waals surface area (Å²) in [5.74, 6) is -1.98. The highest BCUT2D eigenvalue weighted by atomic mass is 32.1. The molecule has 1 unspecified atom stereocenters. The van der Waals surface area contributed by atoms with Crippen LogP contribution >= 0.6 is 11.3 Å². The Kier molecular flexibility index (Phi) is 14.3. The lowest BCUT2D eigenvalue weighted by Crippen LogP contribution is -2.39. The first-order valence-electron chi connectivity index (χ1n) is 18.8. The van der Waals surface area contributed by atoms with Crippen LogP contribution in [-0.4, -0.2) is 75.1 Å². The Hall–Kier alpha value is -6.49. The fraction of sp³-hybridized carbons (Fsp3) is 0.357. The van der Waals surface area contributed by atoms with E-state index in [2.05, 4.69) is 20.8 Å². The van der Waals surface area contributed by atoms with Crippen molar-refractivity contribution in [3.05, 3.63) is 107 Å². The van der Waals surface area contributed by atoms with Crippen LogP contribution in [0.4, 0.5) is 14.7 Å². The average Bonchev–Trinajstić information content (AvgIpc) is 3.75. The molecule has 16 nitrogen and oxygen atoms in total. The van der Waals surface area contributed by atoms with Crippen LogP contribution in [0.25, 0.3) is 10.9 Å². The predicted octanol–water partition coefficient (Wildman–Crippen LogP) is 6.77. The van der Waals surface area contributed by atoms with E-state index >= 15 is 0 Å². The van der Waals surface area contributed by atoms with Crippen molar-refractivity contribution in [3.63, 3.8) is 0 Å². The van der Waals surface area contributed by atoms with Crippen molar-refractivity contribution in [2.75, 3.05) is 18.5 Å². The van der Waals surface area contributed by atoms with Gasteiger partial charge in [0, 0.05) is 11.9 Å². The number of carbonyl (C=O) groups is 4. The maximum absolute atomic E-state index is 14.0. The molecule has 0 bridgehead atoms. The second-order valence-corrected chi connectivity index (χ2v) is 16.1. The Morgan fingerprint density at radius 1 is 0.898 bits per heavy atom. The van der Waals surface area contributed by atoms with E-state index in [9.17, 15) is 24.3 Å². The summed E-state index contributed by atoms with van der Waals surface area (Å²) in [6.07, 6.45) is -1.08. The van der Waals surface area contributed by atoms with Crippen LogP contribution in [0.15, 0.2) is 95.6 Å². The molecule has 312 valence electrons. The van der Waals surface area contributed by atoms with Gasteiger partial charge in [0.25, 0.3) is 6.10 Å². The molecule has 3 aromatic carbocycles. The number of carboxylic acids is 1. The quantitative estimate of drug-likeness (QED) is 0.0237. The van der Waals surface area contributed by atoms with Crippen molar-refractivity contribution in [3.8, 4) is 5.75 Å². The summed E-state index contributed by atoms with van der Waals surface area (Å²) in [6.45, 7) is 11.1. The summed E-state index contributed by atoms with van der Waals surface area (Å²) in [6, 6.07) is 23.7. The van der Waals surface area contributed by atoms with Crippen LogP contribution in [-0.2, 0) is 42.2 Å². The molecule has 0 saturated heterocycles. The van der Waals surface area contributed by atoms with Gasteiger partial charge in [-0.15, -0.1) is 16.0 Å². The molecule has 59 heavy (non-hydrogen) atoms. The molecule has 2 aromatic heterocycles. The number of rotatable bonds is 16. The molecule has 2 heterocycles. The van der Waals surface area contributed by atoms with Gasteiger partial charge in [0.2, 0.25) is 11.9 Å². The van der Waals surface area contributed by atoms with E-state index < -0.39 is 59.9 Å². The number of hydrogen-bond acceptors (Lipinski definition) is 12. The number of thiazole rings is 1. The minimum atomic E-state index is -1.55. The Morgan fingerprint density at radius 2 is 1.53 bits per heavy atom. The van der Waals surface area contributed by atoms with E-state index in [1.165, 1.54) is 5.38 Å². The largest absolute Gasteiger partial charge is 0.489 e. The van der Waals surface area contributed by atoms with Gasteiger partial charge in [-0.3, -0.25) is 5.32 Å². The molecule has 0 aliphatic heterocycles. The first kappa shape index (κ1) is 43.6. The number of alkyl carbamates (subject to hydrolysis) is 1. The van der Waals surface area contributed by atoms with Gasteiger partial charge in [0.05, 0.1) is 11.9 Å². The van der Waals surface area contributed by atoms with Gasteiger partial charge in [-0.25, -0.2) is 24.2 Å². The number of hydrogen-bond donors (Lipinski definition) is 3. The van der Waals surface area contributed by atoms with Crippen molar-refractivity contribution < 1.29 is 52.8 Å². The molecule has 5 rings (SSSR count). The molecule has 0 aliphatic carbocycles. The third-order valence-electron chi connectivity index (χ3n) is 8.13. The third kappa shape index (κ3) is 13.0. The highest BCUT2D eigenvalue weighted by Crippen LogP contribution is 2.28. The molecule has 0 aliphatic rings. The summed E-state index contributed by atoms with van der Waals surface area (Å²) in [5.41, 5.74) is 0.172. The molecule has 3 N–H and O–H groups in total. The Bertz CT molecular complexity index is 2220. The standard InChI is InChI=1S/C42H48N6O10S/c1-41(2,3)56-39(52)43-21-14-22-48-32-20-19-30(23-29(32)24-47(48)7)54-25-33(37(51)55-35(27-15-10-8-11-16-27)28-17-12-9-13-18-28)58-46-34(36(49)50)31-26-59-38(44-31)45-40(53)57-42(4,5)6/h8-13,15-20,23-24,26,33,35H,14,21-22,25H2,1-7H3,(H2-,43,44,45,49,50,52,53)/p+1. The smallest absolute Gasteiger partial charge is 0.413 e. The van der Waals surface area contributed by atoms with E-state index in [4.69, 9.17) is 23.8 Å².